The predicted molar refractivity (Wildman–Crippen MR) is 111 cm³/mol. The van der Waals surface area contributed by atoms with E-state index in [4.69, 9.17) is 9.47 Å². The Balaban J connectivity index is 1.16. The smallest absolute Gasteiger partial charge is 0.0720 e. The van der Waals surface area contributed by atoms with E-state index in [1.54, 1.807) is 0 Å². The standard InChI is InChI=1S/C25H36O2/c1-19-7-16-25(27-17-19)23-10-8-21(9-11-23)22-12-14-24(15-13-22)26-18-20-5-3-2-4-6-20/h2-7,21-25H,8-18H2,1H3. The van der Waals surface area contributed by atoms with Gasteiger partial charge in [-0.25, -0.2) is 0 Å². The van der Waals surface area contributed by atoms with Gasteiger partial charge in [0.15, 0.2) is 0 Å². The first kappa shape index (κ1) is 19.2. The molecule has 0 amide bonds. The molecule has 0 spiro atoms. The minimum atomic E-state index is 0.475. The molecule has 0 saturated heterocycles. The summed E-state index contributed by atoms with van der Waals surface area (Å²) in [5, 5.41) is 0. The van der Waals surface area contributed by atoms with Crippen LogP contribution in [0.2, 0.25) is 0 Å². The van der Waals surface area contributed by atoms with E-state index in [0.717, 1.165) is 37.4 Å². The molecule has 0 radical (unpaired) electrons. The first-order chi connectivity index (χ1) is 13.3. The minimum Gasteiger partial charge on any atom is -0.374 e. The number of hydrogen-bond donors (Lipinski definition) is 0. The maximum Gasteiger partial charge on any atom is 0.0720 e. The highest BCUT2D eigenvalue weighted by molar-refractivity contribution is 5.13. The molecule has 2 saturated carbocycles. The van der Waals surface area contributed by atoms with Crippen LogP contribution in [0.5, 0.6) is 0 Å². The lowest BCUT2D eigenvalue weighted by Crippen LogP contribution is -2.33. The van der Waals surface area contributed by atoms with Crippen LogP contribution in [-0.2, 0) is 16.1 Å². The second-order valence-electron chi connectivity index (χ2n) is 9.14. The SMILES string of the molecule is CC1=CCC(C2CCC(C3CCC(OCc4ccccc4)CC3)CC2)OC1. The minimum absolute atomic E-state index is 0.475. The molecule has 1 aromatic carbocycles. The number of ether oxygens (including phenoxy) is 2. The van der Waals surface area contributed by atoms with Crippen LogP contribution in [0.4, 0.5) is 0 Å². The highest BCUT2D eigenvalue weighted by atomic mass is 16.5. The highest BCUT2D eigenvalue weighted by Gasteiger charge is 2.34. The third-order valence-electron chi connectivity index (χ3n) is 7.28. The van der Waals surface area contributed by atoms with Crippen molar-refractivity contribution in [1.82, 2.24) is 0 Å². The van der Waals surface area contributed by atoms with E-state index >= 15 is 0 Å². The van der Waals surface area contributed by atoms with Gasteiger partial charge in [0.25, 0.3) is 0 Å². The molecule has 148 valence electrons. The normalized spacial score (nSPS) is 34.9. The summed E-state index contributed by atoms with van der Waals surface area (Å²) in [5.74, 6) is 2.70. The maximum atomic E-state index is 6.19. The van der Waals surface area contributed by atoms with Gasteiger partial charge in [-0.2, -0.15) is 0 Å². The third-order valence-corrected chi connectivity index (χ3v) is 7.28. The Kier molecular flexibility index (Phi) is 6.68. The molecule has 4 rings (SSSR count). The van der Waals surface area contributed by atoms with Crippen LogP contribution in [-0.4, -0.2) is 18.8 Å². The lowest BCUT2D eigenvalue weighted by molar-refractivity contribution is -0.0172. The van der Waals surface area contributed by atoms with Crippen LogP contribution in [0.1, 0.15) is 70.3 Å². The molecule has 0 N–H and O–H groups in total. The van der Waals surface area contributed by atoms with Crippen molar-refractivity contribution < 1.29 is 9.47 Å². The largest absolute Gasteiger partial charge is 0.374 e. The van der Waals surface area contributed by atoms with Gasteiger partial charge in [-0.1, -0.05) is 42.0 Å². The zero-order valence-corrected chi connectivity index (χ0v) is 16.9. The average molecular weight is 369 g/mol. The Labute approximate surface area is 165 Å². The van der Waals surface area contributed by atoms with Crippen LogP contribution in [0.25, 0.3) is 0 Å². The van der Waals surface area contributed by atoms with Gasteiger partial charge in [0, 0.05) is 0 Å². The van der Waals surface area contributed by atoms with Crippen molar-refractivity contribution in [3.8, 4) is 0 Å². The Bertz CT molecular complexity index is 592. The topological polar surface area (TPSA) is 18.5 Å². The molecule has 2 heteroatoms. The van der Waals surface area contributed by atoms with Crippen LogP contribution in [0.3, 0.4) is 0 Å². The van der Waals surface area contributed by atoms with Crippen molar-refractivity contribution in [2.75, 3.05) is 6.61 Å². The second kappa shape index (κ2) is 9.39. The fourth-order valence-corrected chi connectivity index (χ4v) is 5.51. The summed E-state index contributed by atoms with van der Waals surface area (Å²) in [6, 6.07) is 10.6. The maximum absolute atomic E-state index is 6.19. The van der Waals surface area contributed by atoms with Gasteiger partial charge < -0.3 is 9.47 Å². The van der Waals surface area contributed by atoms with Gasteiger partial charge in [0.2, 0.25) is 0 Å². The Morgan fingerprint density at radius 3 is 2.11 bits per heavy atom. The van der Waals surface area contributed by atoms with E-state index in [1.807, 2.05) is 0 Å². The molecule has 2 aliphatic carbocycles. The molecule has 1 aromatic rings. The molecule has 27 heavy (non-hydrogen) atoms. The van der Waals surface area contributed by atoms with Crippen LogP contribution in [0, 0.1) is 17.8 Å². The highest BCUT2D eigenvalue weighted by Crippen LogP contribution is 2.42. The fourth-order valence-electron chi connectivity index (χ4n) is 5.51. The van der Waals surface area contributed by atoms with Crippen molar-refractivity contribution in [2.45, 2.75) is 83.5 Å². The summed E-state index contributed by atoms with van der Waals surface area (Å²) in [7, 11) is 0. The van der Waals surface area contributed by atoms with Gasteiger partial charge in [-0.15, -0.1) is 0 Å². The van der Waals surface area contributed by atoms with Gasteiger partial charge in [-0.3, -0.25) is 0 Å². The van der Waals surface area contributed by atoms with E-state index < -0.39 is 0 Å². The first-order valence-corrected chi connectivity index (χ1v) is 11.2. The lowest BCUT2D eigenvalue weighted by Gasteiger charge is -2.40. The van der Waals surface area contributed by atoms with Gasteiger partial charge in [0.05, 0.1) is 25.4 Å². The third kappa shape index (κ3) is 5.23. The lowest BCUT2D eigenvalue weighted by atomic mass is 9.69. The molecular weight excluding hydrogens is 332 g/mol. The number of hydrogen-bond acceptors (Lipinski definition) is 2. The van der Waals surface area contributed by atoms with Crippen molar-refractivity contribution in [1.29, 1.82) is 0 Å². The first-order valence-electron chi connectivity index (χ1n) is 11.2. The molecule has 1 atom stereocenters. The molecule has 1 unspecified atom stereocenters. The molecule has 0 bridgehead atoms. The molecular formula is C25H36O2. The van der Waals surface area contributed by atoms with E-state index in [2.05, 4.69) is 43.3 Å². The van der Waals surface area contributed by atoms with Crippen LogP contribution < -0.4 is 0 Å². The number of rotatable bonds is 5. The molecule has 2 fully saturated rings. The Morgan fingerprint density at radius 1 is 0.852 bits per heavy atom. The zero-order chi connectivity index (χ0) is 18.5. The summed E-state index contributed by atoms with van der Waals surface area (Å²) < 4.78 is 12.3. The van der Waals surface area contributed by atoms with E-state index in [1.165, 1.54) is 62.5 Å². The Hall–Kier alpha value is -1.12. The van der Waals surface area contributed by atoms with Crippen molar-refractivity contribution in [2.24, 2.45) is 17.8 Å². The average Bonchev–Trinajstić information content (AvgIpc) is 2.74. The van der Waals surface area contributed by atoms with Crippen molar-refractivity contribution in [3.63, 3.8) is 0 Å². The predicted octanol–water partition coefficient (Wildman–Crippen LogP) is 6.30. The van der Waals surface area contributed by atoms with Crippen molar-refractivity contribution >= 4 is 0 Å². The summed E-state index contributed by atoms with van der Waals surface area (Å²) in [5.41, 5.74) is 2.71. The molecule has 2 nitrogen and oxygen atoms in total. The fraction of sp³-hybridized carbons (Fsp3) is 0.680. The van der Waals surface area contributed by atoms with Crippen LogP contribution in [0.15, 0.2) is 42.0 Å². The zero-order valence-electron chi connectivity index (χ0n) is 16.9. The second-order valence-corrected chi connectivity index (χ2v) is 9.14. The summed E-state index contributed by atoms with van der Waals surface area (Å²) >= 11 is 0. The van der Waals surface area contributed by atoms with E-state index in [9.17, 15) is 0 Å². The van der Waals surface area contributed by atoms with Crippen LogP contribution >= 0.6 is 0 Å². The summed E-state index contributed by atoms with van der Waals surface area (Å²) in [4.78, 5) is 0. The quantitative estimate of drug-likeness (QED) is 0.568. The van der Waals surface area contributed by atoms with Gasteiger partial charge in [0.1, 0.15) is 0 Å². The molecule has 1 aliphatic heterocycles. The molecule has 1 heterocycles. The van der Waals surface area contributed by atoms with E-state index in [-0.39, 0.29) is 0 Å². The van der Waals surface area contributed by atoms with Gasteiger partial charge in [-0.05, 0) is 88.0 Å². The Morgan fingerprint density at radius 2 is 1.48 bits per heavy atom. The van der Waals surface area contributed by atoms with Gasteiger partial charge >= 0.3 is 0 Å². The van der Waals surface area contributed by atoms with E-state index in [0.29, 0.717) is 12.2 Å². The number of benzene rings is 1. The summed E-state index contributed by atoms with van der Waals surface area (Å²) in [6.07, 6.45) is 15.4. The molecule has 0 aromatic heterocycles. The molecule has 3 aliphatic rings. The summed E-state index contributed by atoms with van der Waals surface area (Å²) in [6.45, 7) is 3.82. The monoisotopic (exact) mass is 368 g/mol. The van der Waals surface area contributed by atoms with Crippen molar-refractivity contribution in [3.05, 3.63) is 47.5 Å².